The predicted molar refractivity (Wildman–Crippen MR) is 114 cm³/mol. The van der Waals surface area contributed by atoms with Crippen LogP contribution in [-0.4, -0.2) is 33.3 Å². The van der Waals surface area contributed by atoms with Gasteiger partial charge in [0, 0.05) is 18.4 Å². The number of nitrogens with zero attached hydrogens (tertiary/aromatic N) is 4. The number of carbonyl (C=O) groups is 1. The Labute approximate surface area is 169 Å². The van der Waals surface area contributed by atoms with Gasteiger partial charge in [-0.05, 0) is 24.8 Å². The highest BCUT2D eigenvalue weighted by atomic mass is 32.1. The molecule has 1 saturated heterocycles. The van der Waals surface area contributed by atoms with Crippen molar-refractivity contribution in [3.63, 3.8) is 0 Å². The third-order valence-corrected chi connectivity index (χ3v) is 6.35. The summed E-state index contributed by atoms with van der Waals surface area (Å²) in [5.74, 6) is 0.308. The maximum Gasteiger partial charge on any atom is 0.188 e. The fourth-order valence-corrected chi connectivity index (χ4v) is 5.10. The molecule has 3 heterocycles. The number of anilines is 1. The molecule has 0 saturated carbocycles. The smallest absolute Gasteiger partial charge is 0.188 e. The van der Waals surface area contributed by atoms with Crippen LogP contribution in [0.2, 0.25) is 0 Å². The molecule has 6 heteroatoms. The van der Waals surface area contributed by atoms with Crippen molar-refractivity contribution in [3.8, 4) is 0 Å². The van der Waals surface area contributed by atoms with E-state index in [1.807, 2.05) is 18.2 Å². The van der Waals surface area contributed by atoms with Crippen LogP contribution in [0.4, 0.5) is 5.13 Å². The third-order valence-electron chi connectivity index (χ3n) is 5.26. The van der Waals surface area contributed by atoms with E-state index in [-0.39, 0.29) is 11.5 Å². The van der Waals surface area contributed by atoms with Gasteiger partial charge in [0.05, 0.1) is 16.4 Å². The van der Waals surface area contributed by atoms with E-state index < -0.39 is 0 Å². The van der Waals surface area contributed by atoms with Crippen molar-refractivity contribution in [3.05, 3.63) is 47.9 Å². The molecule has 1 aromatic carbocycles. The maximum absolute atomic E-state index is 13.0. The molecule has 2 aromatic heterocycles. The van der Waals surface area contributed by atoms with Crippen molar-refractivity contribution >= 4 is 32.6 Å². The number of benzene rings is 1. The van der Waals surface area contributed by atoms with Crippen LogP contribution in [0.5, 0.6) is 0 Å². The van der Waals surface area contributed by atoms with Gasteiger partial charge < -0.3 is 4.90 Å². The van der Waals surface area contributed by atoms with Gasteiger partial charge in [-0.2, -0.15) is 4.98 Å². The topological polar surface area (TPSA) is 59.0 Å². The van der Waals surface area contributed by atoms with E-state index in [2.05, 4.69) is 47.8 Å². The minimum Gasteiger partial charge on any atom is -0.338 e. The molecule has 0 unspecified atom stereocenters. The Balaban J connectivity index is 1.55. The van der Waals surface area contributed by atoms with Gasteiger partial charge >= 0.3 is 0 Å². The average Bonchev–Trinajstić information content (AvgIpc) is 3.32. The Bertz CT molecular complexity index is 977. The van der Waals surface area contributed by atoms with E-state index in [4.69, 9.17) is 4.98 Å². The molecule has 28 heavy (non-hydrogen) atoms. The van der Waals surface area contributed by atoms with E-state index in [0.717, 1.165) is 47.0 Å². The molecule has 0 amide bonds. The molecular weight excluding hydrogens is 368 g/mol. The van der Waals surface area contributed by atoms with Crippen LogP contribution in [-0.2, 0) is 16.6 Å². The first-order valence-electron chi connectivity index (χ1n) is 9.89. The highest BCUT2D eigenvalue weighted by molar-refractivity contribution is 7.22. The molecule has 0 bridgehead atoms. The summed E-state index contributed by atoms with van der Waals surface area (Å²) >= 11 is 1.62. The third kappa shape index (κ3) is 3.78. The molecule has 4 rings (SSSR count). The summed E-state index contributed by atoms with van der Waals surface area (Å²) in [6.45, 7) is 7.33. The van der Waals surface area contributed by atoms with Crippen molar-refractivity contribution in [2.24, 2.45) is 0 Å². The second kappa shape index (κ2) is 7.59. The summed E-state index contributed by atoms with van der Waals surface area (Å²) in [7, 11) is 0. The lowest BCUT2D eigenvalue weighted by molar-refractivity contribution is -0.120. The second-order valence-corrected chi connectivity index (χ2v) is 9.40. The highest BCUT2D eigenvalue weighted by Gasteiger charge is 2.33. The Kier molecular flexibility index (Phi) is 5.15. The fourth-order valence-electron chi connectivity index (χ4n) is 3.81. The van der Waals surface area contributed by atoms with E-state index in [9.17, 15) is 4.79 Å². The van der Waals surface area contributed by atoms with E-state index in [1.54, 1.807) is 17.7 Å². The number of hydrogen-bond donors (Lipinski definition) is 0. The van der Waals surface area contributed by atoms with Crippen molar-refractivity contribution in [2.75, 3.05) is 11.4 Å². The molecule has 0 aliphatic carbocycles. The van der Waals surface area contributed by atoms with Gasteiger partial charge in [-0.15, -0.1) is 0 Å². The van der Waals surface area contributed by atoms with Gasteiger partial charge in [-0.3, -0.25) is 4.79 Å². The molecule has 1 aliphatic rings. The van der Waals surface area contributed by atoms with Crippen LogP contribution in [0.25, 0.3) is 10.3 Å². The van der Waals surface area contributed by atoms with Crippen LogP contribution in [0, 0.1) is 0 Å². The first-order valence-corrected chi connectivity index (χ1v) is 10.7. The number of thiazole rings is 1. The van der Waals surface area contributed by atoms with Crippen molar-refractivity contribution < 1.29 is 4.79 Å². The number of hydrogen-bond acceptors (Lipinski definition) is 6. The van der Waals surface area contributed by atoms with E-state index in [0.29, 0.717) is 12.2 Å². The largest absolute Gasteiger partial charge is 0.338 e. The van der Waals surface area contributed by atoms with Crippen molar-refractivity contribution in [1.82, 2.24) is 15.0 Å². The van der Waals surface area contributed by atoms with Crippen LogP contribution >= 0.6 is 11.3 Å². The lowest BCUT2D eigenvalue weighted by Crippen LogP contribution is -2.36. The average molecular weight is 395 g/mol. The van der Waals surface area contributed by atoms with Gasteiger partial charge in [0.1, 0.15) is 6.33 Å². The summed E-state index contributed by atoms with van der Waals surface area (Å²) < 4.78 is 1.03. The summed E-state index contributed by atoms with van der Waals surface area (Å²) in [6, 6.07) is 10.1. The van der Waals surface area contributed by atoms with Gasteiger partial charge in [0.25, 0.3) is 0 Å². The van der Waals surface area contributed by atoms with E-state index >= 15 is 0 Å². The molecule has 146 valence electrons. The Morgan fingerprint density at radius 1 is 1.21 bits per heavy atom. The molecular formula is C22H26N4OS. The maximum atomic E-state index is 13.0. The lowest BCUT2D eigenvalue weighted by Gasteiger charge is -2.22. The summed E-state index contributed by atoms with van der Waals surface area (Å²) in [5.41, 5.74) is 2.90. The quantitative estimate of drug-likeness (QED) is 0.635. The summed E-state index contributed by atoms with van der Waals surface area (Å²) in [4.78, 5) is 28.8. The number of fused-ring (bicyclic) bond motifs is 1. The van der Waals surface area contributed by atoms with Gasteiger partial charge in [-0.1, -0.05) is 62.4 Å². The molecule has 1 fully saturated rings. The van der Waals surface area contributed by atoms with Crippen LogP contribution in [0.15, 0.2) is 36.7 Å². The first kappa shape index (κ1) is 19.0. The zero-order chi connectivity index (χ0) is 19.7. The Morgan fingerprint density at radius 3 is 2.75 bits per heavy atom. The molecule has 1 atom stereocenters. The number of Topliss-reactive ketones (excluding diaryl/α,β-unsaturated/α-hetero) is 1. The SMILES string of the molecule is CC(C)(C)c1ncnc2nc(N3CCC[C@@H]3C(=O)CCc3ccccc3)sc12. The number of carbonyl (C=O) groups excluding carboxylic acids is 1. The zero-order valence-electron chi connectivity index (χ0n) is 16.7. The highest BCUT2D eigenvalue weighted by Crippen LogP contribution is 2.37. The standard InChI is InChI=1S/C22H26N4OS/c1-22(2,3)19-18-20(24-14-23-19)25-21(28-18)26-13-7-10-16(26)17(27)12-11-15-8-5-4-6-9-15/h4-6,8-9,14,16H,7,10-13H2,1-3H3/t16-/m1/s1. The number of aryl methyl sites for hydroxylation is 1. The van der Waals surface area contributed by atoms with Gasteiger partial charge in [0.2, 0.25) is 0 Å². The second-order valence-electron chi connectivity index (χ2n) is 8.42. The fraction of sp³-hybridized carbons (Fsp3) is 0.455. The molecule has 0 N–H and O–H groups in total. The summed E-state index contributed by atoms with van der Waals surface area (Å²) in [5, 5.41) is 0.900. The molecule has 1 aliphatic heterocycles. The summed E-state index contributed by atoms with van der Waals surface area (Å²) in [6.07, 6.45) is 4.89. The minimum atomic E-state index is -0.0738. The Morgan fingerprint density at radius 2 is 2.00 bits per heavy atom. The lowest BCUT2D eigenvalue weighted by atomic mass is 9.92. The molecule has 3 aromatic rings. The van der Waals surface area contributed by atoms with Gasteiger partial charge in [-0.25, -0.2) is 9.97 Å². The van der Waals surface area contributed by atoms with Crippen LogP contribution in [0.3, 0.4) is 0 Å². The van der Waals surface area contributed by atoms with E-state index in [1.165, 1.54) is 5.56 Å². The van der Waals surface area contributed by atoms with Crippen LogP contribution < -0.4 is 4.90 Å². The predicted octanol–water partition coefficient (Wildman–Crippen LogP) is 4.55. The monoisotopic (exact) mass is 394 g/mol. The first-order chi connectivity index (χ1) is 13.4. The Hall–Kier alpha value is -2.34. The minimum absolute atomic E-state index is 0.0685. The normalized spacial score (nSPS) is 17.4. The molecule has 0 radical (unpaired) electrons. The number of ketones is 1. The van der Waals surface area contributed by atoms with Crippen molar-refractivity contribution in [2.45, 2.75) is 57.9 Å². The molecule has 5 nitrogen and oxygen atoms in total. The van der Waals surface area contributed by atoms with Crippen molar-refractivity contribution in [1.29, 1.82) is 0 Å². The van der Waals surface area contributed by atoms with Crippen LogP contribution in [0.1, 0.15) is 51.3 Å². The number of rotatable bonds is 5. The van der Waals surface area contributed by atoms with Gasteiger partial charge in [0.15, 0.2) is 16.6 Å². The zero-order valence-corrected chi connectivity index (χ0v) is 17.5. The number of aromatic nitrogens is 3. The molecule has 0 spiro atoms.